The zero-order valence-corrected chi connectivity index (χ0v) is 13.6. The predicted molar refractivity (Wildman–Crippen MR) is 88.0 cm³/mol. The van der Waals surface area contributed by atoms with Gasteiger partial charge in [-0.05, 0) is 32.2 Å². The number of hydrogen-bond acceptors (Lipinski definition) is 5. The number of thioether (sulfide) groups is 1. The van der Waals surface area contributed by atoms with E-state index in [4.69, 9.17) is 5.73 Å². The van der Waals surface area contributed by atoms with Gasteiger partial charge in [-0.25, -0.2) is 0 Å². The number of carbonyl (C=O) groups excluding carboxylic acids is 1. The molecule has 1 saturated carbocycles. The number of nitro groups is 1. The molecule has 120 valence electrons. The monoisotopic (exact) mass is 323 g/mol. The van der Waals surface area contributed by atoms with Crippen molar-refractivity contribution in [1.29, 1.82) is 0 Å². The fourth-order valence-electron chi connectivity index (χ4n) is 3.09. The van der Waals surface area contributed by atoms with Crippen molar-refractivity contribution >= 4 is 23.4 Å². The number of nitrogens with two attached hydrogens (primary N) is 1. The van der Waals surface area contributed by atoms with Crippen LogP contribution >= 0.6 is 11.8 Å². The minimum atomic E-state index is -0.652. The Morgan fingerprint density at radius 2 is 2.23 bits per heavy atom. The fraction of sp³-hybridized carbons (Fsp3) is 0.533. The maximum absolute atomic E-state index is 11.3. The number of carbonyl (C=O) groups is 1. The Balaban J connectivity index is 2.21. The molecule has 0 heterocycles. The molecule has 1 aliphatic rings. The van der Waals surface area contributed by atoms with Gasteiger partial charge in [-0.1, -0.05) is 12.5 Å². The van der Waals surface area contributed by atoms with Crippen molar-refractivity contribution in [3.05, 3.63) is 39.4 Å². The third kappa shape index (κ3) is 3.59. The molecule has 0 spiro atoms. The summed E-state index contributed by atoms with van der Waals surface area (Å²) in [4.78, 5) is 24.2. The summed E-state index contributed by atoms with van der Waals surface area (Å²) in [6.07, 6.45) is 5.62. The Bertz CT molecular complexity index is 579. The first-order valence-corrected chi connectivity index (χ1v) is 8.53. The first-order valence-electron chi connectivity index (χ1n) is 7.24. The maximum atomic E-state index is 11.3. The van der Waals surface area contributed by atoms with Crippen LogP contribution in [0.15, 0.2) is 18.2 Å². The summed E-state index contributed by atoms with van der Waals surface area (Å²) in [5.74, 6) is -0.652. The highest BCUT2D eigenvalue weighted by molar-refractivity contribution is 7.99. The molecule has 2 unspecified atom stereocenters. The van der Waals surface area contributed by atoms with Crippen LogP contribution in [0.25, 0.3) is 0 Å². The molecule has 0 radical (unpaired) electrons. The molecule has 1 fully saturated rings. The Hall–Kier alpha value is -1.60. The third-order valence-electron chi connectivity index (χ3n) is 4.27. The van der Waals surface area contributed by atoms with E-state index in [1.54, 1.807) is 12.1 Å². The molecule has 1 amide bonds. The molecule has 0 aliphatic heterocycles. The van der Waals surface area contributed by atoms with Crippen LogP contribution in [0.2, 0.25) is 0 Å². The van der Waals surface area contributed by atoms with Crippen molar-refractivity contribution in [2.75, 3.05) is 13.3 Å². The zero-order valence-electron chi connectivity index (χ0n) is 12.8. The van der Waals surface area contributed by atoms with E-state index in [2.05, 4.69) is 11.2 Å². The Morgan fingerprint density at radius 1 is 1.50 bits per heavy atom. The third-order valence-corrected chi connectivity index (χ3v) is 5.43. The summed E-state index contributed by atoms with van der Waals surface area (Å²) in [6, 6.07) is 4.90. The van der Waals surface area contributed by atoms with Crippen LogP contribution in [0, 0.1) is 10.1 Å². The number of hydrogen-bond donors (Lipinski definition) is 1. The number of benzene rings is 1. The zero-order chi connectivity index (χ0) is 16.3. The van der Waals surface area contributed by atoms with Crippen LogP contribution in [0.5, 0.6) is 0 Å². The second-order valence-electron chi connectivity index (χ2n) is 5.65. The maximum Gasteiger partial charge on any atom is 0.274 e. The largest absolute Gasteiger partial charge is 0.366 e. The Morgan fingerprint density at radius 3 is 2.82 bits per heavy atom. The lowest BCUT2D eigenvalue weighted by atomic mass is 10.1. The van der Waals surface area contributed by atoms with Gasteiger partial charge in [0.15, 0.2) is 0 Å². The lowest BCUT2D eigenvalue weighted by Crippen LogP contribution is -2.35. The van der Waals surface area contributed by atoms with E-state index < -0.39 is 10.8 Å². The molecule has 0 bridgehead atoms. The van der Waals surface area contributed by atoms with E-state index in [1.807, 2.05) is 18.8 Å². The smallest absolute Gasteiger partial charge is 0.274 e. The summed E-state index contributed by atoms with van der Waals surface area (Å²) < 4.78 is 0. The molecule has 6 nitrogen and oxygen atoms in total. The predicted octanol–water partition coefficient (Wildman–Crippen LogP) is 2.41. The van der Waals surface area contributed by atoms with Crippen LogP contribution in [0.3, 0.4) is 0 Å². The summed E-state index contributed by atoms with van der Waals surface area (Å²) in [5, 5.41) is 11.8. The topological polar surface area (TPSA) is 89.5 Å². The molecule has 1 aromatic carbocycles. The molecule has 1 aliphatic carbocycles. The van der Waals surface area contributed by atoms with Crippen molar-refractivity contribution < 1.29 is 9.72 Å². The van der Waals surface area contributed by atoms with E-state index in [1.165, 1.54) is 18.9 Å². The molecule has 0 saturated heterocycles. The molecular weight excluding hydrogens is 302 g/mol. The van der Waals surface area contributed by atoms with Gasteiger partial charge in [-0.3, -0.25) is 19.8 Å². The molecule has 1 aromatic rings. The van der Waals surface area contributed by atoms with Crippen molar-refractivity contribution in [3.8, 4) is 0 Å². The van der Waals surface area contributed by atoms with Gasteiger partial charge in [0.2, 0.25) is 5.91 Å². The van der Waals surface area contributed by atoms with Gasteiger partial charge in [0.1, 0.15) is 0 Å². The molecule has 2 atom stereocenters. The number of amides is 1. The summed E-state index contributed by atoms with van der Waals surface area (Å²) >= 11 is 1.86. The van der Waals surface area contributed by atoms with E-state index in [9.17, 15) is 14.9 Å². The van der Waals surface area contributed by atoms with Gasteiger partial charge in [0.25, 0.3) is 5.69 Å². The summed E-state index contributed by atoms with van der Waals surface area (Å²) in [5.41, 5.74) is 5.94. The molecule has 22 heavy (non-hydrogen) atoms. The summed E-state index contributed by atoms with van der Waals surface area (Å²) in [7, 11) is 2.00. The molecule has 2 N–H and O–H groups in total. The van der Waals surface area contributed by atoms with Gasteiger partial charge < -0.3 is 5.73 Å². The second kappa shape index (κ2) is 7.11. The highest BCUT2D eigenvalue weighted by Crippen LogP contribution is 2.33. The molecule has 7 heteroatoms. The number of nitrogens with zero attached hydrogens (tertiary/aromatic N) is 2. The first-order chi connectivity index (χ1) is 10.4. The number of rotatable bonds is 6. The van der Waals surface area contributed by atoms with Gasteiger partial charge in [-0.15, -0.1) is 0 Å². The normalized spacial score (nSPS) is 21.2. The van der Waals surface area contributed by atoms with Crippen molar-refractivity contribution in [1.82, 2.24) is 4.90 Å². The standard InChI is InChI=1S/C15H21N3O3S/c1-17(12-4-3-5-14(12)22-2)9-11-7-6-10(15(16)19)8-13(11)18(20)21/h6-8,12,14H,3-5,9H2,1-2H3,(H2,16,19). The van der Waals surface area contributed by atoms with Crippen LogP contribution in [-0.4, -0.2) is 40.3 Å². The minimum Gasteiger partial charge on any atom is -0.366 e. The highest BCUT2D eigenvalue weighted by Gasteiger charge is 2.30. The first kappa shape index (κ1) is 16.8. The average molecular weight is 323 g/mol. The fourth-order valence-corrected chi connectivity index (χ4v) is 4.15. The Kier molecular flexibility index (Phi) is 5.42. The van der Waals surface area contributed by atoms with Crippen molar-refractivity contribution in [2.45, 2.75) is 37.1 Å². The van der Waals surface area contributed by atoms with Gasteiger partial charge >= 0.3 is 0 Å². The van der Waals surface area contributed by atoms with E-state index >= 15 is 0 Å². The molecular formula is C15H21N3O3S. The summed E-state index contributed by atoms with van der Waals surface area (Å²) in [6.45, 7) is 0.497. The highest BCUT2D eigenvalue weighted by atomic mass is 32.2. The van der Waals surface area contributed by atoms with Crippen LogP contribution in [-0.2, 0) is 6.54 Å². The van der Waals surface area contributed by atoms with Crippen molar-refractivity contribution in [2.24, 2.45) is 5.73 Å². The van der Waals surface area contributed by atoms with Gasteiger partial charge in [0, 0.05) is 35.0 Å². The quantitative estimate of drug-likeness (QED) is 0.641. The van der Waals surface area contributed by atoms with Crippen LogP contribution in [0.1, 0.15) is 35.2 Å². The number of primary amides is 1. The second-order valence-corrected chi connectivity index (χ2v) is 6.73. The minimum absolute atomic E-state index is 0.0400. The lowest BCUT2D eigenvalue weighted by Gasteiger charge is -2.28. The van der Waals surface area contributed by atoms with Gasteiger partial charge in [-0.2, -0.15) is 11.8 Å². The Labute approximate surface area is 134 Å². The number of nitro benzene ring substituents is 1. The van der Waals surface area contributed by atoms with Gasteiger partial charge in [0.05, 0.1) is 4.92 Å². The van der Waals surface area contributed by atoms with Crippen molar-refractivity contribution in [3.63, 3.8) is 0 Å². The van der Waals surface area contributed by atoms with E-state index in [-0.39, 0.29) is 11.3 Å². The SMILES string of the molecule is CSC1CCCC1N(C)Cc1ccc(C(N)=O)cc1[N+](=O)[O-]. The van der Waals surface area contributed by atoms with E-state index in [0.29, 0.717) is 23.4 Å². The van der Waals surface area contributed by atoms with Crippen LogP contribution in [0.4, 0.5) is 5.69 Å². The average Bonchev–Trinajstić information content (AvgIpc) is 2.95. The lowest BCUT2D eigenvalue weighted by molar-refractivity contribution is -0.385. The van der Waals surface area contributed by atoms with Crippen LogP contribution < -0.4 is 5.73 Å². The molecule has 2 rings (SSSR count). The van der Waals surface area contributed by atoms with E-state index in [0.717, 1.165) is 6.42 Å². The molecule has 0 aromatic heterocycles.